The third kappa shape index (κ3) is 6.48. The summed E-state index contributed by atoms with van der Waals surface area (Å²) in [5.74, 6) is 3.23. The quantitative estimate of drug-likeness (QED) is 0.166. The zero-order chi connectivity index (χ0) is 33.4. The number of rotatable bonds is 8. The number of carbonyl (C=O) groups excluding carboxylic acids is 1. The topological polar surface area (TPSA) is 122 Å². The Bertz CT molecular complexity index is 1960. The van der Waals surface area contributed by atoms with Crippen molar-refractivity contribution in [3.05, 3.63) is 94.4 Å². The van der Waals surface area contributed by atoms with Gasteiger partial charge in [0.25, 0.3) is 0 Å². The first-order valence-electron chi connectivity index (χ1n) is 16.3. The summed E-state index contributed by atoms with van der Waals surface area (Å²) in [6, 6.07) is 20.4. The second-order valence-electron chi connectivity index (χ2n) is 13.3. The van der Waals surface area contributed by atoms with Crippen LogP contribution in [0.2, 0.25) is 5.02 Å². The molecule has 0 fully saturated rings. The molecule has 0 saturated heterocycles. The first-order chi connectivity index (χ1) is 23.1. The Labute approximate surface area is 284 Å². The van der Waals surface area contributed by atoms with Crippen molar-refractivity contribution in [3.63, 3.8) is 0 Å². The van der Waals surface area contributed by atoms with Crippen molar-refractivity contribution in [1.82, 2.24) is 29.4 Å². The number of halogens is 1. The number of anilines is 2. The average Bonchev–Trinajstić information content (AvgIpc) is 3.83. The molecule has 12 heteroatoms. The minimum absolute atomic E-state index is 0.0215. The van der Waals surface area contributed by atoms with Crippen LogP contribution >= 0.6 is 11.6 Å². The van der Waals surface area contributed by atoms with Crippen molar-refractivity contribution in [1.29, 1.82) is 0 Å². The SMILES string of the molecule is CC(C)(C)c1cc(NC(=O)Nc2ccc(OCCN3CCn4c(nnc4-c4ccccc4)C3)c3c2CCC3)n(-c2ccc(O)c(Cl)c2)n1. The molecule has 0 atom stereocenters. The molecule has 0 unspecified atom stereocenters. The summed E-state index contributed by atoms with van der Waals surface area (Å²) in [7, 11) is 0. The normalized spacial score (nSPS) is 14.4. The van der Waals surface area contributed by atoms with Gasteiger partial charge >= 0.3 is 6.03 Å². The lowest BCUT2D eigenvalue weighted by Gasteiger charge is -2.27. The van der Waals surface area contributed by atoms with E-state index < -0.39 is 0 Å². The van der Waals surface area contributed by atoms with Crippen LogP contribution in [0.3, 0.4) is 0 Å². The van der Waals surface area contributed by atoms with Crippen LogP contribution < -0.4 is 15.4 Å². The lowest BCUT2D eigenvalue weighted by Crippen LogP contribution is -2.36. The number of phenolic OH excluding ortho intramolecular Hbond substituents is 1. The Morgan fingerprint density at radius 1 is 0.979 bits per heavy atom. The number of nitrogens with zero attached hydrogens (tertiary/aromatic N) is 6. The molecule has 7 rings (SSSR count). The number of benzene rings is 3. The maximum Gasteiger partial charge on any atom is 0.324 e. The minimum atomic E-state index is -0.377. The Hall–Kier alpha value is -4.87. The van der Waals surface area contributed by atoms with Crippen LogP contribution in [-0.2, 0) is 31.3 Å². The average molecular weight is 667 g/mol. The smallest absolute Gasteiger partial charge is 0.324 e. The largest absolute Gasteiger partial charge is 0.506 e. The van der Waals surface area contributed by atoms with Gasteiger partial charge in [0, 0.05) is 42.4 Å². The van der Waals surface area contributed by atoms with E-state index in [-0.39, 0.29) is 22.2 Å². The number of fused-ring (bicyclic) bond motifs is 2. The number of ether oxygens (including phenoxy) is 1. The van der Waals surface area contributed by atoms with Gasteiger partial charge in [0.05, 0.1) is 22.9 Å². The molecule has 11 nitrogen and oxygen atoms in total. The summed E-state index contributed by atoms with van der Waals surface area (Å²) in [5, 5.41) is 29.8. The van der Waals surface area contributed by atoms with Crippen LogP contribution in [0, 0.1) is 0 Å². The van der Waals surface area contributed by atoms with Gasteiger partial charge in [0.1, 0.15) is 29.7 Å². The molecule has 3 N–H and O–H groups in total. The monoisotopic (exact) mass is 666 g/mol. The fraction of sp³-hybridized carbons (Fsp3) is 0.333. The van der Waals surface area contributed by atoms with Gasteiger partial charge in [-0.2, -0.15) is 5.10 Å². The Kier molecular flexibility index (Phi) is 8.57. The fourth-order valence-corrected chi connectivity index (χ4v) is 6.52. The first-order valence-corrected chi connectivity index (χ1v) is 16.7. The van der Waals surface area contributed by atoms with Crippen molar-refractivity contribution >= 4 is 29.1 Å². The maximum absolute atomic E-state index is 13.4. The maximum atomic E-state index is 13.4. The van der Waals surface area contributed by atoms with Crippen LogP contribution in [0.25, 0.3) is 17.1 Å². The van der Waals surface area contributed by atoms with Crippen LogP contribution in [-0.4, -0.2) is 60.3 Å². The molecule has 3 aromatic carbocycles. The van der Waals surface area contributed by atoms with Gasteiger partial charge in [-0.05, 0) is 60.7 Å². The van der Waals surface area contributed by atoms with E-state index in [4.69, 9.17) is 21.4 Å². The van der Waals surface area contributed by atoms with E-state index in [1.165, 1.54) is 6.07 Å². The zero-order valence-corrected chi connectivity index (χ0v) is 28.1. The minimum Gasteiger partial charge on any atom is -0.506 e. The van der Waals surface area contributed by atoms with Gasteiger partial charge in [-0.1, -0.05) is 62.7 Å². The van der Waals surface area contributed by atoms with E-state index in [2.05, 4.69) is 63.2 Å². The number of hydrogen-bond acceptors (Lipinski definition) is 7. The summed E-state index contributed by atoms with van der Waals surface area (Å²) in [6.45, 7) is 9.98. The molecule has 0 bridgehead atoms. The molecule has 2 aromatic heterocycles. The van der Waals surface area contributed by atoms with Crippen LogP contribution in [0.1, 0.15) is 49.8 Å². The van der Waals surface area contributed by atoms with E-state index in [0.717, 1.165) is 90.9 Å². The van der Waals surface area contributed by atoms with Crippen molar-refractivity contribution in [3.8, 4) is 28.6 Å². The molecule has 48 heavy (non-hydrogen) atoms. The summed E-state index contributed by atoms with van der Waals surface area (Å²) < 4.78 is 10.2. The molecule has 2 amide bonds. The number of urea groups is 1. The van der Waals surface area contributed by atoms with Crippen molar-refractivity contribution in [2.75, 3.05) is 30.3 Å². The van der Waals surface area contributed by atoms with Gasteiger partial charge < -0.3 is 19.7 Å². The van der Waals surface area contributed by atoms with Gasteiger partial charge in [-0.15, -0.1) is 10.2 Å². The van der Waals surface area contributed by atoms with Gasteiger partial charge in [-0.25, -0.2) is 9.48 Å². The molecule has 0 radical (unpaired) electrons. The van der Waals surface area contributed by atoms with Gasteiger partial charge in [0.15, 0.2) is 5.82 Å². The van der Waals surface area contributed by atoms with E-state index in [1.807, 2.05) is 36.4 Å². The number of phenols is 1. The third-order valence-electron chi connectivity index (χ3n) is 8.91. The fourth-order valence-electron chi connectivity index (χ4n) is 6.34. The lowest BCUT2D eigenvalue weighted by atomic mass is 9.92. The second-order valence-corrected chi connectivity index (χ2v) is 13.7. The summed E-state index contributed by atoms with van der Waals surface area (Å²) in [4.78, 5) is 15.7. The summed E-state index contributed by atoms with van der Waals surface area (Å²) >= 11 is 6.19. The van der Waals surface area contributed by atoms with Crippen molar-refractivity contribution in [2.24, 2.45) is 0 Å². The molecule has 1 aliphatic heterocycles. The molecular formula is C36H39ClN8O3. The predicted molar refractivity (Wildman–Crippen MR) is 186 cm³/mol. The second kappa shape index (κ2) is 13.0. The standard InChI is InChI=1S/C36H39ClN8O3/c1-36(2,3)31-21-32(45(42-31)24-12-14-29(46)27(37)20-24)39-35(47)38-28-13-15-30(26-11-7-10-25(26)28)48-19-18-43-16-17-44-33(22-43)40-41-34(44)23-8-5-4-6-9-23/h4-6,8-9,12-15,20-21,46H,7,10-11,16-19,22H2,1-3H3,(H2,38,39,47). The van der Waals surface area contributed by atoms with Gasteiger partial charge in [-0.3, -0.25) is 10.2 Å². The molecule has 5 aromatic rings. The van der Waals surface area contributed by atoms with E-state index in [1.54, 1.807) is 16.8 Å². The van der Waals surface area contributed by atoms with E-state index in [0.29, 0.717) is 18.1 Å². The highest BCUT2D eigenvalue weighted by Gasteiger charge is 2.25. The van der Waals surface area contributed by atoms with Crippen LogP contribution in [0.5, 0.6) is 11.5 Å². The highest BCUT2D eigenvalue weighted by Crippen LogP contribution is 2.36. The van der Waals surface area contributed by atoms with Crippen LogP contribution in [0.4, 0.5) is 16.3 Å². The van der Waals surface area contributed by atoms with Crippen molar-refractivity contribution in [2.45, 2.75) is 58.5 Å². The zero-order valence-electron chi connectivity index (χ0n) is 27.3. The van der Waals surface area contributed by atoms with Crippen LogP contribution in [0.15, 0.2) is 66.7 Å². The molecule has 0 saturated carbocycles. The molecule has 3 heterocycles. The lowest BCUT2D eigenvalue weighted by molar-refractivity contribution is 0.174. The Morgan fingerprint density at radius 3 is 2.58 bits per heavy atom. The number of aromatic nitrogens is 5. The molecule has 248 valence electrons. The first kappa shape index (κ1) is 31.7. The number of amides is 2. The Balaban J connectivity index is 0.999. The van der Waals surface area contributed by atoms with Gasteiger partial charge in [0.2, 0.25) is 0 Å². The molecule has 0 spiro atoms. The van der Waals surface area contributed by atoms with E-state index in [9.17, 15) is 9.90 Å². The third-order valence-corrected chi connectivity index (χ3v) is 9.22. The summed E-state index contributed by atoms with van der Waals surface area (Å²) in [6.07, 6.45) is 2.77. The molecular weight excluding hydrogens is 628 g/mol. The van der Waals surface area contributed by atoms with Crippen molar-refractivity contribution < 1.29 is 14.6 Å². The van der Waals surface area contributed by atoms with E-state index >= 15 is 0 Å². The Morgan fingerprint density at radius 2 is 1.79 bits per heavy atom. The highest BCUT2D eigenvalue weighted by atomic mass is 35.5. The predicted octanol–water partition coefficient (Wildman–Crippen LogP) is 6.81. The number of hydrogen-bond donors (Lipinski definition) is 3. The summed E-state index contributed by atoms with van der Waals surface area (Å²) in [5.41, 5.74) is 5.27. The molecule has 1 aliphatic carbocycles. The number of aromatic hydroxyl groups is 1. The highest BCUT2D eigenvalue weighted by molar-refractivity contribution is 6.32. The number of carbonyl (C=O) groups is 1. The molecule has 2 aliphatic rings. The number of nitrogens with one attached hydrogen (secondary N) is 2.